The Bertz CT molecular complexity index is 543. The minimum atomic E-state index is -5.15. The van der Waals surface area contributed by atoms with Crippen LogP contribution < -0.4 is 5.73 Å². The zero-order chi connectivity index (χ0) is 16.6. The molecular weight excluding hydrogens is 303 g/mol. The first kappa shape index (κ1) is 17.5. The Kier molecular flexibility index (Phi) is 4.72. The molecule has 0 saturated heterocycles. The highest BCUT2D eigenvalue weighted by Gasteiger charge is 2.40. The molecule has 0 unspecified atom stereocenters. The number of rotatable bonds is 3. The molecule has 118 valence electrons. The van der Waals surface area contributed by atoms with Crippen LogP contribution in [0.1, 0.15) is 36.1 Å². The van der Waals surface area contributed by atoms with Crippen LogP contribution in [0.5, 0.6) is 0 Å². The monoisotopic (exact) mass is 315 g/mol. The lowest BCUT2D eigenvalue weighted by Crippen LogP contribution is -2.21. The van der Waals surface area contributed by atoms with Crippen molar-refractivity contribution in [3.05, 3.63) is 46.8 Å². The molecule has 1 atom stereocenters. The molecule has 1 aromatic rings. The quantitative estimate of drug-likeness (QED) is 0.627. The highest BCUT2D eigenvalue weighted by molar-refractivity contribution is 5.39. The van der Waals surface area contributed by atoms with Crippen molar-refractivity contribution < 1.29 is 30.7 Å². The molecule has 21 heavy (non-hydrogen) atoms. The first-order valence-corrected chi connectivity index (χ1v) is 5.71. The smallest absolute Gasteiger partial charge is 0.324 e. The molecule has 0 spiro atoms. The second-order valence-electron chi connectivity index (χ2n) is 4.68. The van der Waals surface area contributed by atoms with Gasteiger partial charge in [-0.1, -0.05) is 5.57 Å². The van der Waals surface area contributed by atoms with E-state index in [0.717, 1.165) is 0 Å². The molecular formula is C13H12F7N. The zero-order valence-corrected chi connectivity index (χ0v) is 10.9. The van der Waals surface area contributed by atoms with Crippen LogP contribution >= 0.6 is 0 Å². The van der Waals surface area contributed by atoms with Gasteiger partial charge in [0, 0.05) is 11.6 Å². The highest BCUT2D eigenvalue weighted by atomic mass is 19.4. The largest absolute Gasteiger partial charge is 0.416 e. The zero-order valence-electron chi connectivity index (χ0n) is 10.9. The van der Waals surface area contributed by atoms with Gasteiger partial charge in [0.05, 0.1) is 11.1 Å². The van der Waals surface area contributed by atoms with Gasteiger partial charge in [-0.3, -0.25) is 0 Å². The molecule has 0 aliphatic carbocycles. The molecule has 2 N–H and O–H groups in total. The standard InChI is InChI=1S/C13H12F7N/c1-6(2)3-10(21)11-8(13(18,19)20)4-7(5-9(11)14)12(15,16)17/h4-5,10H,1,3,21H2,2H3/t10-/m0/s1. The van der Waals surface area contributed by atoms with E-state index in [2.05, 4.69) is 6.58 Å². The number of alkyl halides is 6. The van der Waals surface area contributed by atoms with Crippen LogP contribution in [0.2, 0.25) is 0 Å². The van der Waals surface area contributed by atoms with Crippen molar-refractivity contribution >= 4 is 0 Å². The summed E-state index contributed by atoms with van der Waals surface area (Å²) in [5.74, 6) is -1.63. The molecule has 0 aliphatic rings. The number of nitrogens with two attached hydrogens (primary N) is 1. The third-order valence-electron chi connectivity index (χ3n) is 2.70. The van der Waals surface area contributed by atoms with Gasteiger partial charge in [-0.2, -0.15) is 26.3 Å². The summed E-state index contributed by atoms with van der Waals surface area (Å²) in [7, 11) is 0. The third kappa shape index (κ3) is 4.20. The van der Waals surface area contributed by atoms with Gasteiger partial charge in [0.15, 0.2) is 0 Å². The van der Waals surface area contributed by atoms with Crippen molar-refractivity contribution in [2.45, 2.75) is 31.7 Å². The lowest BCUT2D eigenvalue weighted by Gasteiger charge is -2.21. The summed E-state index contributed by atoms with van der Waals surface area (Å²) in [5.41, 5.74) is 1.44. The molecule has 0 heterocycles. The highest BCUT2D eigenvalue weighted by Crippen LogP contribution is 2.40. The predicted molar refractivity (Wildman–Crippen MR) is 62.8 cm³/mol. The number of hydrogen-bond donors (Lipinski definition) is 1. The van der Waals surface area contributed by atoms with Crippen molar-refractivity contribution in [3.8, 4) is 0 Å². The Morgan fingerprint density at radius 1 is 1.14 bits per heavy atom. The van der Waals surface area contributed by atoms with Crippen LogP contribution in [0.4, 0.5) is 30.7 Å². The maximum Gasteiger partial charge on any atom is 0.416 e. The van der Waals surface area contributed by atoms with E-state index < -0.39 is 40.9 Å². The summed E-state index contributed by atoms with van der Waals surface area (Å²) >= 11 is 0. The van der Waals surface area contributed by atoms with Crippen LogP contribution in [0, 0.1) is 5.82 Å². The normalized spacial score (nSPS) is 14.1. The lowest BCUT2D eigenvalue weighted by molar-refractivity contribution is -0.144. The van der Waals surface area contributed by atoms with Gasteiger partial charge >= 0.3 is 12.4 Å². The van der Waals surface area contributed by atoms with Crippen LogP contribution in [0.15, 0.2) is 24.3 Å². The van der Waals surface area contributed by atoms with E-state index in [4.69, 9.17) is 5.73 Å². The van der Waals surface area contributed by atoms with Gasteiger partial charge in [0.2, 0.25) is 0 Å². The molecule has 0 aliphatic heterocycles. The Morgan fingerprint density at radius 2 is 1.67 bits per heavy atom. The first-order valence-electron chi connectivity index (χ1n) is 5.71. The molecule has 1 rings (SSSR count). The van der Waals surface area contributed by atoms with E-state index in [-0.39, 0.29) is 18.6 Å². The molecule has 0 radical (unpaired) electrons. The molecule has 0 amide bonds. The minimum absolute atomic E-state index is 0.0167. The van der Waals surface area contributed by atoms with Crippen molar-refractivity contribution in [3.63, 3.8) is 0 Å². The SMILES string of the molecule is C=C(C)C[C@H](N)c1c(F)cc(C(F)(F)F)cc1C(F)(F)F. The molecule has 1 nitrogen and oxygen atoms in total. The van der Waals surface area contributed by atoms with Crippen molar-refractivity contribution in [2.75, 3.05) is 0 Å². The van der Waals surface area contributed by atoms with Crippen LogP contribution in [-0.2, 0) is 12.4 Å². The van der Waals surface area contributed by atoms with Gasteiger partial charge in [-0.25, -0.2) is 4.39 Å². The fourth-order valence-corrected chi connectivity index (χ4v) is 1.87. The van der Waals surface area contributed by atoms with Crippen LogP contribution in [-0.4, -0.2) is 0 Å². The van der Waals surface area contributed by atoms with Crippen LogP contribution in [0.3, 0.4) is 0 Å². The van der Waals surface area contributed by atoms with Gasteiger partial charge in [-0.15, -0.1) is 6.58 Å². The van der Waals surface area contributed by atoms with E-state index in [1.54, 1.807) is 0 Å². The Balaban J connectivity index is 3.53. The Morgan fingerprint density at radius 3 is 2.05 bits per heavy atom. The van der Waals surface area contributed by atoms with E-state index >= 15 is 0 Å². The summed E-state index contributed by atoms with van der Waals surface area (Å²) in [5, 5.41) is 0. The van der Waals surface area contributed by atoms with Crippen LogP contribution in [0.25, 0.3) is 0 Å². The second-order valence-corrected chi connectivity index (χ2v) is 4.68. The fourth-order valence-electron chi connectivity index (χ4n) is 1.87. The van der Waals surface area contributed by atoms with Crippen molar-refractivity contribution in [2.24, 2.45) is 5.73 Å². The van der Waals surface area contributed by atoms with E-state index in [0.29, 0.717) is 5.57 Å². The molecule has 0 saturated carbocycles. The molecule has 0 bridgehead atoms. The molecule has 1 aromatic carbocycles. The van der Waals surface area contributed by atoms with E-state index in [1.807, 2.05) is 0 Å². The van der Waals surface area contributed by atoms with E-state index in [9.17, 15) is 30.7 Å². The lowest BCUT2D eigenvalue weighted by atomic mass is 9.93. The van der Waals surface area contributed by atoms with Crippen molar-refractivity contribution in [1.82, 2.24) is 0 Å². The maximum absolute atomic E-state index is 13.8. The molecule has 0 fully saturated rings. The topological polar surface area (TPSA) is 26.0 Å². The summed E-state index contributed by atoms with van der Waals surface area (Å²) < 4.78 is 89.9. The third-order valence-corrected chi connectivity index (χ3v) is 2.70. The summed E-state index contributed by atoms with van der Waals surface area (Å²) in [4.78, 5) is 0. The van der Waals surface area contributed by atoms with Crippen molar-refractivity contribution in [1.29, 1.82) is 0 Å². The molecule has 8 heteroatoms. The second kappa shape index (κ2) is 5.67. The number of benzene rings is 1. The minimum Gasteiger partial charge on any atom is -0.324 e. The van der Waals surface area contributed by atoms with E-state index in [1.165, 1.54) is 6.92 Å². The number of halogens is 7. The molecule has 0 aromatic heterocycles. The average Bonchev–Trinajstić information content (AvgIpc) is 2.23. The predicted octanol–water partition coefficient (Wildman–Crippen LogP) is 4.83. The summed E-state index contributed by atoms with van der Waals surface area (Å²) in [6, 6.07) is -1.54. The van der Waals surface area contributed by atoms with Gasteiger partial charge in [0.1, 0.15) is 5.82 Å². The average molecular weight is 315 g/mol. The van der Waals surface area contributed by atoms with Gasteiger partial charge < -0.3 is 5.73 Å². The number of hydrogen-bond acceptors (Lipinski definition) is 1. The summed E-state index contributed by atoms with van der Waals surface area (Å²) in [6.07, 6.45) is -10.4. The van der Waals surface area contributed by atoms with Gasteiger partial charge in [-0.05, 0) is 25.5 Å². The Labute approximate surface area is 116 Å². The fraction of sp³-hybridized carbons (Fsp3) is 0.385. The van der Waals surface area contributed by atoms with Gasteiger partial charge in [0.25, 0.3) is 0 Å². The first-order chi connectivity index (χ1) is 9.34. The summed E-state index contributed by atoms with van der Waals surface area (Å²) in [6.45, 7) is 4.90. The Hall–Kier alpha value is -1.57. The maximum atomic E-state index is 13.8.